The number of nitrogens with one attached hydrogen (secondary N) is 1. The summed E-state index contributed by atoms with van der Waals surface area (Å²) in [7, 11) is 0. The van der Waals surface area contributed by atoms with E-state index in [4.69, 9.17) is 4.74 Å². The van der Waals surface area contributed by atoms with Crippen LogP contribution in [0.2, 0.25) is 0 Å². The van der Waals surface area contributed by atoms with Crippen molar-refractivity contribution in [2.24, 2.45) is 0 Å². The first kappa shape index (κ1) is 20.3. The van der Waals surface area contributed by atoms with Crippen LogP contribution in [0.5, 0.6) is 5.75 Å². The van der Waals surface area contributed by atoms with E-state index >= 15 is 0 Å². The molecular formula is C21H32N2O3. The average Bonchev–Trinajstić information content (AvgIpc) is 2.65. The molecule has 1 atom stereocenters. The van der Waals surface area contributed by atoms with Crippen molar-refractivity contribution in [2.45, 2.75) is 71.9 Å². The Kier molecular flexibility index (Phi) is 7.95. The first-order valence-corrected chi connectivity index (χ1v) is 9.86. The van der Waals surface area contributed by atoms with E-state index in [2.05, 4.69) is 12.2 Å². The Labute approximate surface area is 157 Å². The maximum atomic E-state index is 12.7. The van der Waals surface area contributed by atoms with Crippen LogP contribution >= 0.6 is 0 Å². The lowest BCUT2D eigenvalue weighted by Gasteiger charge is -2.34. The number of nitrogens with zero attached hydrogens (tertiary/aromatic N) is 1. The van der Waals surface area contributed by atoms with Crippen LogP contribution in [-0.4, -0.2) is 35.9 Å². The number of ether oxygens (including phenoxy) is 1. The second-order valence-corrected chi connectivity index (χ2v) is 7.00. The van der Waals surface area contributed by atoms with Crippen molar-refractivity contribution in [3.8, 4) is 5.75 Å². The van der Waals surface area contributed by atoms with Gasteiger partial charge in [-0.3, -0.25) is 9.59 Å². The lowest BCUT2D eigenvalue weighted by Crippen LogP contribution is -2.51. The lowest BCUT2D eigenvalue weighted by molar-refractivity contribution is -0.142. The quantitative estimate of drug-likeness (QED) is 0.771. The molecule has 2 rings (SSSR count). The van der Waals surface area contributed by atoms with E-state index in [1.165, 1.54) is 0 Å². The number of hydrogen-bond acceptors (Lipinski definition) is 3. The fourth-order valence-electron chi connectivity index (χ4n) is 3.34. The number of carbonyl (C=O) groups is 2. The van der Waals surface area contributed by atoms with E-state index in [1.807, 2.05) is 32.0 Å². The Morgan fingerprint density at radius 1 is 1.23 bits per heavy atom. The van der Waals surface area contributed by atoms with Gasteiger partial charge >= 0.3 is 0 Å². The van der Waals surface area contributed by atoms with Crippen LogP contribution in [0.4, 0.5) is 0 Å². The molecule has 2 amide bonds. The first-order valence-electron chi connectivity index (χ1n) is 9.86. The maximum Gasteiger partial charge on any atom is 0.243 e. The van der Waals surface area contributed by atoms with E-state index in [-0.39, 0.29) is 17.9 Å². The monoisotopic (exact) mass is 360 g/mol. The Morgan fingerprint density at radius 2 is 2.04 bits per heavy atom. The first-order chi connectivity index (χ1) is 12.6. The smallest absolute Gasteiger partial charge is 0.243 e. The van der Waals surface area contributed by atoms with Gasteiger partial charge in [-0.05, 0) is 62.3 Å². The summed E-state index contributed by atoms with van der Waals surface area (Å²) in [6, 6.07) is 5.63. The summed E-state index contributed by atoms with van der Waals surface area (Å²) in [5, 5.41) is 3.03. The molecule has 1 unspecified atom stereocenters. The number of benzene rings is 1. The summed E-state index contributed by atoms with van der Waals surface area (Å²) in [5.74, 6) is 0.920. The van der Waals surface area contributed by atoms with Crippen LogP contribution in [0.15, 0.2) is 18.2 Å². The highest BCUT2D eigenvalue weighted by atomic mass is 16.5. The molecule has 1 N–H and O–H groups in total. The number of hydrogen-bond donors (Lipinski definition) is 1. The number of likely N-dealkylation sites (tertiary alicyclic amines) is 1. The van der Waals surface area contributed by atoms with Crippen molar-refractivity contribution in [3.05, 3.63) is 29.3 Å². The van der Waals surface area contributed by atoms with Crippen LogP contribution in [-0.2, 0) is 16.1 Å². The van der Waals surface area contributed by atoms with Crippen molar-refractivity contribution < 1.29 is 14.3 Å². The summed E-state index contributed by atoms with van der Waals surface area (Å²) >= 11 is 0. The fourth-order valence-corrected chi connectivity index (χ4v) is 3.34. The molecule has 0 bridgehead atoms. The molecule has 0 spiro atoms. The van der Waals surface area contributed by atoms with Gasteiger partial charge in [0.1, 0.15) is 11.8 Å². The SMILES string of the molecule is CCCOc1ccc(CNC(=O)C2CCCCN2C(=O)CCC)c(C)c1. The number of amides is 2. The Balaban J connectivity index is 1.95. The van der Waals surface area contributed by atoms with E-state index in [0.29, 0.717) is 26.1 Å². The fraction of sp³-hybridized carbons (Fsp3) is 0.619. The van der Waals surface area contributed by atoms with Crippen LogP contribution in [0.1, 0.15) is 63.5 Å². The minimum absolute atomic E-state index is 0.0418. The molecule has 0 saturated carbocycles. The van der Waals surface area contributed by atoms with E-state index in [9.17, 15) is 9.59 Å². The summed E-state index contributed by atoms with van der Waals surface area (Å²) in [6.07, 6.45) is 5.04. The Morgan fingerprint density at radius 3 is 2.73 bits per heavy atom. The van der Waals surface area contributed by atoms with Crippen molar-refractivity contribution >= 4 is 11.8 Å². The van der Waals surface area contributed by atoms with Gasteiger partial charge in [0, 0.05) is 19.5 Å². The van der Waals surface area contributed by atoms with Gasteiger partial charge in [-0.2, -0.15) is 0 Å². The molecule has 5 heteroatoms. The van der Waals surface area contributed by atoms with Gasteiger partial charge < -0.3 is 15.0 Å². The standard InChI is InChI=1S/C21H32N2O3/c1-4-8-20(24)23-12-7-6-9-19(23)21(25)22-15-17-10-11-18(14-16(17)3)26-13-5-2/h10-11,14,19H,4-9,12-13,15H2,1-3H3,(H,22,25). The molecule has 1 aliphatic rings. The van der Waals surface area contributed by atoms with Crippen LogP contribution < -0.4 is 10.1 Å². The molecule has 0 aliphatic carbocycles. The van der Waals surface area contributed by atoms with Crippen molar-refractivity contribution in [2.75, 3.05) is 13.2 Å². The van der Waals surface area contributed by atoms with E-state index in [0.717, 1.165) is 49.0 Å². The molecule has 1 fully saturated rings. The molecular weight excluding hydrogens is 328 g/mol. The van der Waals surface area contributed by atoms with Crippen molar-refractivity contribution in [1.82, 2.24) is 10.2 Å². The molecule has 1 heterocycles. The van der Waals surface area contributed by atoms with Gasteiger partial charge in [0.25, 0.3) is 0 Å². The largest absolute Gasteiger partial charge is 0.494 e. The van der Waals surface area contributed by atoms with Gasteiger partial charge in [-0.25, -0.2) is 0 Å². The average molecular weight is 360 g/mol. The molecule has 1 saturated heterocycles. The third-order valence-electron chi connectivity index (χ3n) is 4.83. The van der Waals surface area contributed by atoms with Crippen LogP contribution in [0.25, 0.3) is 0 Å². The van der Waals surface area contributed by atoms with E-state index in [1.54, 1.807) is 4.90 Å². The minimum atomic E-state index is -0.324. The number of carbonyl (C=O) groups excluding carboxylic acids is 2. The van der Waals surface area contributed by atoms with Gasteiger partial charge in [-0.15, -0.1) is 0 Å². The molecule has 1 aliphatic heterocycles. The normalized spacial score (nSPS) is 17.0. The summed E-state index contributed by atoms with van der Waals surface area (Å²) in [4.78, 5) is 26.8. The Hall–Kier alpha value is -2.04. The third-order valence-corrected chi connectivity index (χ3v) is 4.83. The summed E-state index contributed by atoms with van der Waals surface area (Å²) in [6.45, 7) is 7.98. The zero-order valence-electron chi connectivity index (χ0n) is 16.3. The molecule has 1 aromatic carbocycles. The minimum Gasteiger partial charge on any atom is -0.494 e. The topological polar surface area (TPSA) is 58.6 Å². The molecule has 0 radical (unpaired) electrons. The molecule has 5 nitrogen and oxygen atoms in total. The lowest BCUT2D eigenvalue weighted by atomic mass is 10.00. The summed E-state index contributed by atoms with van der Waals surface area (Å²) in [5.41, 5.74) is 2.17. The maximum absolute atomic E-state index is 12.7. The van der Waals surface area contributed by atoms with Gasteiger partial charge in [0.2, 0.25) is 11.8 Å². The highest BCUT2D eigenvalue weighted by Gasteiger charge is 2.31. The molecule has 26 heavy (non-hydrogen) atoms. The predicted octanol–water partition coefficient (Wildman–Crippen LogP) is 3.58. The van der Waals surface area contributed by atoms with Gasteiger partial charge in [0.15, 0.2) is 0 Å². The second-order valence-electron chi connectivity index (χ2n) is 7.00. The zero-order chi connectivity index (χ0) is 18.9. The van der Waals surface area contributed by atoms with Gasteiger partial charge in [0.05, 0.1) is 6.61 Å². The molecule has 144 valence electrons. The highest BCUT2D eigenvalue weighted by Crippen LogP contribution is 2.20. The zero-order valence-corrected chi connectivity index (χ0v) is 16.3. The summed E-state index contributed by atoms with van der Waals surface area (Å²) < 4.78 is 5.64. The number of piperidine rings is 1. The predicted molar refractivity (Wildman–Crippen MR) is 103 cm³/mol. The number of aryl methyl sites for hydroxylation is 1. The number of rotatable bonds is 8. The third kappa shape index (κ3) is 5.48. The van der Waals surface area contributed by atoms with Crippen LogP contribution in [0.3, 0.4) is 0 Å². The molecule has 1 aromatic rings. The van der Waals surface area contributed by atoms with Gasteiger partial charge in [-0.1, -0.05) is 19.9 Å². The second kappa shape index (κ2) is 10.2. The van der Waals surface area contributed by atoms with Crippen molar-refractivity contribution in [3.63, 3.8) is 0 Å². The van der Waals surface area contributed by atoms with E-state index < -0.39 is 0 Å². The van der Waals surface area contributed by atoms with Crippen molar-refractivity contribution in [1.29, 1.82) is 0 Å². The highest BCUT2D eigenvalue weighted by molar-refractivity contribution is 5.87. The molecule has 0 aromatic heterocycles. The Bertz CT molecular complexity index is 615. The van der Waals surface area contributed by atoms with Crippen LogP contribution in [0, 0.1) is 6.92 Å².